The molecule has 24 heavy (non-hydrogen) atoms. The number of likely N-dealkylation sites (tertiary alicyclic amines) is 1. The highest BCUT2D eigenvalue weighted by molar-refractivity contribution is 5.39. The molecule has 2 N–H and O–H groups in total. The lowest BCUT2D eigenvalue weighted by Gasteiger charge is -2.32. The molecule has 1 unspecified atom stereocenters. The first-order valence-corrected chi connectivity index (χ1v) is 8.76. The second-order valence-corrected chi connectivity index (χ2v) is 6.69. The lowest BCUT2D eigenvalue weighted by molar-refractivity contribution is 0.0998. The molecule has 1 aromatic carbocycles. The second kappa shape index (κ2) is 8.37. The van der Waals surface area contributed by atoms with Gasteiger partial charge in [-0.15, -0.1) is 0 Å². The Labute approximate surface area is 143 Å². The largest absolute Gasteiger partial charge is 0.392 e. The van der Waals surface area contributed by atoms with Crippen LogP contribution in [0.15, 0.2) is 36.9 Å². The molecule has 0 radical (unpaired) electrons. The van der Waals surface area contributed by atoms with Crippen LogP contribution >= 0.6 is 0 Å². The molecule has 3 rings (SSSR count). The van der Waals surface area contributed by atoms with E-state index in [1.165, 1.54) is 18.4 Å². The fraction of sp³-hybridized carbons (Fsp3) is 0.556. The van der Waals surface area contributed by atoms with Gasteiger partial charge in [-0.2, -0.15) is 5.10 Å². The second-order valence-electron chi connectivity index (χ2n) is 6.69. The van der Waals surface area contributed by atoms with Gasteiger partial charge in [0.15, 0.2) is 0 Å². The third-order valence-electron chi connectivity index (χ3n) is 4.64. The average molecular weight is 329 g/mol. The summed E-state index contributed by atoms with van der Waals surface area (Å²) in [6.07, 6.45) is 5.46. The average Bonchev–Trinajstić information content (AvgIpc) is 3.11. The first kappa shape index (κ1) is 17.1. The number of para-hydroxylation sites is 1. The van der Waals surface area contributed by atoms with Gasteiger partial charge in [0, 0.05) is 13.1 Å². The van der Waals surface area contributed by atoms with Crippen LogP contribution in [0.5, 0.6) is 0 Å². The van der Waals surface area contributed by atoms with Crippen molar-refractivity contribution in [2.75, 3.05) is 26.2 Å². The van der Waals surface area contributed by atoms with Crippen molar-refractivity contribution in [1.29, 1.82) is 0 Å². The number of aliphatic hydroxyl groups excluding tert-OH is 1. The lowest BCUT2D eigenvalue weighted by Crippen LogP contribution is -2.40. The maximum atomic E-state index is 9.48. The lowest BCUT2D eigenvalue weighted by atomic mass is 9.96. The van der Waals surface area contributed by atoms with Crippen molar-refractivity contribution >= 4 is 0 Å². The topological polar surface area (TPSA) is 66.2 Å². The summed E-state index contributed by atoms with van der Waals surface area (Å²) >= 11 is 0. The Morgan fingerprint density at radius 1 is 1.29 bits per heavy atom. The van der Waals surface area contributed by atoms with E-state index < -0.39 is 0 Å². The van der Waals surface area contributed by atoms with Crippen LogP contribution < -0.4 is 5.32 Å². The van der Waals surface area contributed by atoms with E-state index in [1.807, 2.05) is 17.7 Å². The third-order valence-corrected chi connectivity index (χ3v) is 4.64. The molecule has 0 bridgehead atoms. The first-order chi connectivity index (χ1) is 11.7. The van der Waals surface area contributed by atoms with Crippen LogP contribution in [0.3, 0.4) is 0 Å². The standard InChI is InChI=1S/C18H27N5O/c1-15(24)12-22-8-6-16(7-9-22)10-19-11-17-4-2-3-5-18(17)23-14-20-13-21-23/h2-5,13-16,19,24H,6-12H2,1H3. The van der Waals surface area contributed by atoms with Crippen LogP contribution in [0.25, 0.3) is 5.69 Å². The molecular formula is C18H27N5O. The minimum atomic E-state index is -0.229. The molecule has 1 aliphatic rings. The van der Waals surface area contributed by atoms with Gasteiger partial charge in [-0.1, -0.05) is 18.2 Å². The molecule has 130 valence electrons. The Kier molecular flexibility index (Phi) is 5.96. The number of rotatable bonds is 7. The van der Waals surface area contributed by atoms with Crippen molar-refractivity contribution in [1.82, 2.24) is 25.0 Å². The molecule has 1 saturated heterocycles. The smallest absolute Gasteiger partial charge is 0.138 e. The van der Waals surface area contributed by atoms with E-state index in [1.54, 1.807) is 12.7 Å². The highest BCUT2D eigenvalue weighted by Gasteiger charge is 2.19. The zero-order chi connectivity index (χ0) is 16.8. The molecule has 1 aliphatic heterocycles. The Morgan fingerprint density at radius 3 is 2.79 bits per heavy atom. The summed E-state index contributed by atoms with van der Waals surface area (Å²) in [5.74, 6) is 0.716. The number of hydrogen-bond donors (Lipinski definition) is 2. The monoisotopic (exact) mass is 329 g/mol. The number of aromatic nitrogens is 3. The predicted octanol–water partition coefficient (Wildman–Crippen LogP) is 1.45. The molecule has 0 aliphatic carbocycles. The highest BCUT2D eigenvalue weighted by atomic mass is 16.3. The SMILES string of the molecule is CC(O)CN1CCC(CNCc2ccccc2-n2cncn2)CC1. The number of nitrogens with one attached hydrogen (secondary N) is 1. The van der Waals surface area contributed by atoms with Gasteiger partial charge in [-0.25, -0.2) is 9.67 Å². The molecule has 1 fully saturated rings. The van der Waals surface area contributed by atoms with Gasteiger partial charge in [-0.3, -0.25) is 0 Å². The summed E-state index contributed by atoms with van der Waals surface area (Å²) in [6, 6.07) is 8.29. The van der Waals surface area contributed by atoms with E-state index >= 15 is 0 Å². The van der Waals surface area contributed by atoms with Crippen molar-refractivity contribution in [3.8, 4) is 5.69 Å². The Bertz CT molecular complexity index is 606. The summed E-state index contributed by atoms with van der Waals surface area (Å²) < 4.78 is 1.81. The normalized spacial score (nSPS) is 17.9. The van der Waals surface area contributed by atoms with Gasteiger partial charge in [0.25, 0.3) is 0 Å². The maximum Gasteiger partial charge on any atom is 0.138 e. The number of benzene rings is 1. The van der Waals surface area contributed by atoms with Crippen molar-refractivity contribution in [2.45, 2.75) is 32.4 Å². The van der Waals surface area contributed by atoms with Gasteiger partial charge in [0.2, 0.25) is 0 Å². The van der Waals surface area contributed by atoms with E-state index in [0.717, 1.165) is 38.4 Å². The minimum Gasteiger partial charge on any atom is -0.392 e. The zero-order valence-corrected chi connectivity index (χ0v) is 14.3. The Hall–Kier alpha value is -1.76. The Morgan fingerprint density at radius 2 is 2.08 bits per heavy atom. The molecule has 2 heterocycles. The number of piperidine rings is 1. The van der Waals surface area contributed by atoms with Crippen molar-refractivity contribution in [2.24, 2.45) is 5.92 Å². The van der Waals surface area contributed by atoms with Crippen molar-refractivity contribution in [3.63, 3.8) is 0 Å². The highest BCUT2D eigenvalue weighted by Crippen LogP contribution is 2.17. The number of hydrogen-bond acceptors (Lipinski definition) is 5. The summed E-state index contributed by atoms with van der Waals surface area (Å²) in [4.78, 5) is 6.39. The molecule has 1 atom stereocenters. The molecule has 0 amide bonds. The quantitative estimate of drug-likeness (QED) is 0.805. The first-order valence-electron chi connectivity index (χ1n) is 8.76. The number of aliphatic hydroxyl groups is 1. The molecular weight excluding hydrogens is 302 g/mol. The predicted molar refractivity (Wildman–Crippen MR) is 93.9 cm³/mol. The van der Waals surface area contributed by atoms with E-state index in [9.17, 15) is 5.11 Å². The minimum absolute atomic E-state index is 0.229. The van der Waals surface area contributed by atoms with Gasteiger partial charge in [-0.05, 0) is 56.9 Å². The summed E-state index contributed by atoms with van der Waals surface area (Å²) in [6.45, 7) is 6.71. The molecule has 6 heteroatoms. The van der Waals surface area contributed by atoms with Crippen LogP contribution in [-0.4, -0.2) is 57.1 Å². The van der Waals surface area contributed by atoms with Crippen LogP contribution in [0.4, 0.5) is 0 Å². The van der Waals surface area contributed by atoms with E-state index in [0.29, 0.717) is 5.92 Å². The fourth-order valence-electron chi connectivity index (χ4n) is 3.37. The molecule has 0 spiro atoms. The van der Waals surface area contributed by atoms with Crippen molar-refractivity contribution < 1.29 is 5.11 Å². The van der Waals surface area contributed by atoms with Crippen LogP contribution in [0.1, 0.15) is 25.3 Å². The van der Waals surface area contributed by atoms with Crippen molar-refractivity contribution in [3.05, 3.63) is 42.5 Å². The van der Waals surface area contributed by atoms with E-state index in [4.69, 9.17) is 0 Å². The summed E-state index contributed by atoms with van der Waals surface area (Å²) in [5, 5.41) is 17.3. The Balaban J connectivity index is 1.46. The summed E-state index contributed by atoms with van der Waals surface area (Å²) in [5.41, 5.74) is 2.31. The van der Waals surface area contributed by atoms with Gasteiger partial charge >= 0.3 is 0 Å². The van der Waals surface area contributed by atoms with Crippen LogP contribution in [-0.2, 0) is 6.54 Å². The van der Waals surface area contributed by atoms with Gasteiger partial charge in [0.1, 0.15) is 12.7 Å². The molecule has 0 saturated carbocycles. The van der Waals surface area contributed by atoms with E-state index in [-0.39, 0.29) is 6.10 Å². The fourth-order valence-corrected chi connectivity index (χ4v) is 3.37. The van der Waals surface area contributed by atoms with Gasteiger partial charge < -0.3 is 15.3 Å². The number of β-amino-alcohol motifs (C(OH)–C–C–N with tert-alkyl or cyclic N) is 1. The summed E-state index contributed by atoms with van der Waals surface area (Å²) in [7, 11) is 0. The van der Waals surface area contributed by atoms with Crippen LogP contribution in [0.2, 0.25) is 0 Å². The maximum absolute atomic E-state index is 9.48. The zero-order valence-electron chi connectivity index (χ0n) is 14.3. The molecule has 6 nitrogen and oxygen atoms in total. The van der Waals surface area contributed by atoms with E-state index in [2.05, 4.69) is 38.5 Å². The molecule has 2 aromatic rings. The number of nitrogens with zero attached hydrogens (tertiary/aromatic N) is 4. The third kappa shape index (κ3) is 4.63. The van der Waals surface area contributed by atoms with Gasteiger partial charge in [0.05, 0.1) is 11.8 Å². The van der Waals surface area contributed by atoms with Crippen LogP contribution in [0, 0.1) is 5.92 Å². The molecule has 1 aromatic heterocycles.